The number of rotatable bonds is 4. The second-order valence-corrected chi connectivity index (χ2v) is 5.56. The Kier molecular flexibility index (Phi) is 4.04. The maximum absolute atomic E-state index is 12.7. The Hall–Kier alpha value is -3.15. The van der Waals surface area contributed by atoms with Gasteiger partial charge in [-0.15, -0.1) is 5.01 Å². The van der Waals surface area contributed by atoms with Crippen molar-refractivity contribution in [3.63, 3.8) is 0 Å². The molecule has 0 unspecified atom stereocenters. The summed E-state index contributed by atoms with van der Waals surface area (Å²) < 4.78 is 5.12. The molecule has 3 rings (SSSR count). The summed E-state index contributed by atoms with van der Waals surface area (Å²) in [6.07, 6.45) is 1.48. The fraction of sp³-hybridized carbons (Fsp3) is 0.167. The van der Waals surface area contributed by atoms with Crippen LogP contribution in [0.5, 0.6) is 5.75 Å². The molecule has 1 fully saturated rings. The van der Waals surface area contributed by atoms with Gasteiger partial charge in [0.25, 0.3) is 5.91 Å². The van der Waals surface area contributed by atoms with Gasteiger partial charge in [0.2, 0.25) is 0 Å². The summed E-state index contributed by atoms with van der Waals surface area (Å²) in [6, 6.07) is 15.7. The maximum atomic E-state index is 12.7. The normalized spacial score (nSPS) is 20.5. The number of benzene rings is 2. The summed E-state index contributed by atoms with van der Waals surface area (Å²) in [6.45, 7) is 1.66. The van der Waals surface area contributed by atoms with E-state index in [1.165, 1.54) is 6.21 Å². The number of nitrogens with zero attached hydrogens (tertiary/aromatic N) is 2. The quantitative estimate of drug-likeness (QED) is 0.694. The summed E-state index contributed by atoms with van der Waals surface area (Å²) in [5, 5.41) is 7.59. The Morgan fingerprint density at radius 3 is 2.38 bits per heavy atom. The number of amides is 3. The Morgan fingerprint density at radius 2 is 1.75 bits per heavy atom. The minimum Gasteiger partial charge on any atom is -0.497 e. The van der Waals surface area contributed by atoms with Gasteiger partial charge >= 0.3 is 6.03 Å². The van der Waals surface area contributed by atoms with Crippen molar-refractivity contribution in [1.29, 1.82) is 0 Å². The van der Waals surface area contributed by atoms with Gasteiger partial charge in [-0.2, -0.15) is 5.10 Å². The molecule has 24 heavy (non-hydrogen) atoms. The maximum Gasteiger partial charge on any atom is 0.346 e. The largest absolute Gasteiger partial charge is 0.497 e. The third kappa shape index (κ3) is 2.74. The SMILES string of the molecule is COc1ccc([C@@]2(C)NC(=O)N(/N=C\c3ccccc3)C2=O)cc1. The van der Waals surface area contributed by atoms with E-state index >= 15 is 0 Å². The molecule has 1 N–H and O–H groups in total. The molecule has 6 heteroatoms. The number of imide groups is 1. The lowest BCUT2D eigenvalue weighted by molar-refractivity contribution is -0.131. The molecular formula is C18H17N3O3. The molecule has 0 aliphatic carbocycles. The van der Waals surface area contributed by atoms with Crippen LogP contribution in [0.1, 0.15) is 18.1 Å². The number of carbonyl (C=O) groups excluding carboxylic acids is 2. The Balaban J connectivity index is 1.86. The monoisotopic (exact) mass is 323 g/mol. The molecule has 0 aromatic heterocycles. The molecule has 122 valence electrons. The summed E-state index contributed by atoms with van der Waals surface area (Å²) in [5.41, 5.74) is 0.312. The lowest BCUT2D eigenvalue weighted by atomic mass is 9.92. The van der Waals surface area contributed by atoms with Crippen molar-refractivity contribution in [1.82, 2.24) is 10.3 Å². The van der Waals surface area contributed by atoms with Gasteiger partial charge in [0.05, 0.1) is 13.3 Å². The molecule has 3 amide bonds. The average Bonchev–Trinajstić information content (AvgIpc) is 2.84. The van der Waals surface area contributed by atoms with E-state index in [4.69, 9.17) is 4.74 Å². The number of hydrogen-bond donors (Lipinski definition) is 1. The van der Waals surface area contributed by atoms with Crippen molar-refractivity contribution in [3.05, 3.63) is 65.7 Å². The van der Waals surface area contributed by atoms with Crippen LogP contribution >= 0.6 is 0 Å². The van der Waals surface area contributed by atoms with E-state index in [-0.39, 0.29) is 0 Å². The Morgan fingerprint density at radius 1 is 1.08 bits per heavy atom. The molecule has 1 aliphatic rings. The zero-order chi connectivity index (χ0) is 17.2. The topological polar surface area (TPSA) is 71.0 Å². The predicted molar refractivity (Wildman–Crippen MR) is 89.8 cm³/mol. The number of hydrogen-bond acceptors (Lipinski definition) is 4. The minimum atomic E-state index is -1.16. The predicted octanol–water partition coefficient (Wildman–Crippen LogP) is 2.50. The Labute approximate surface area is 139 Å². The lowest BCUT2D eigenvalue weighted by Gasteiger charge is -2.21. The van der Waals surface area contributed by atoms with Crippen molar-refractivity contribution in [3.8, 4) is 5.75 Å². The molecule has 2 aromatic rings. The standard InChI is InChI=1S/C18H17N3O3/c1-18(14-8-10-15(24-2)11-9-14)16(22)21(17(23)20-18)19-12-13-6-4-3-5-7-13/h3-12H,1-2H3,(H,20,23)/b19-12-/t18-/m1/s1. The van der Waals surface area contributed by atoms with Gasteiger partial charge in [-0.05, 0) is 30.2 Å². The molecular weight excluding hydrogens is 306 g/mol. The summed E-state index contributed by atoms with van der Waals surface area (Å²) in [7, 11) is 1.57. The van der Waals surface area contributed by atoms with E-state index in [2.05, 4.69) is 10.4 Å². The van der Waals surface area contributed by atoms with Gasteiger partial charge in [0, 0.05) is 0 Å². The number of methoxy groups -OCH3 is 1. The summed E-state index contributed by atoms with van der Waals surface area (Å²) in [4.78, 5) is 24.9. The van der Waals surface area contributed by atoms with Crippen molar-refractivity contribution < 1.29 is 14.3 Å². The van der Waals surface area contributed by atoms with Crippen LogP contribution in [0.15, 0.2) is 59.7 Å². The number of urea groups is 1. The van der Waals surface area contributed by atoms with Crippen LogP contribution in [0, 0.1) is 0 Å². The molecule has 0 saturated carbocycles. The van der Waals surface area contributed by atoms with E-state index in [9.17, 15) is 9.59 Å². The fourth-order valence-electron chi connectivity index (χ4n) is 2.51. The molecule has 0 spiro atoms. The second-order valence-electron chi connectivity index (χ2n) is 5.56. The van der Waals surface area contributed by atoms with Gasteiger partial charge in [0.1, 0.15) is 11.3 Å². The molecule has 1 atom stereocenters. The summed E-state index contributed by atoms with van der Waals surface area (Å²) in [5.74, 6) is 0.253. The van der Waals surface area contributed by atoms with Crippen LogP contribution in [-0.2, 0) is 10.3 Å². The van der Waals surface area contributed by atoms with Crippen LogP contribution in [0.25, 0.3) is 0 Å². The van der Waals surface area contributed by atoms with E-state index in [0.29, 0.717) is 11.3 Å². The Bertz CT molecular complexity index is 787. The molecule has 1 saturated heterocycles. The first-order chi connectivity index (χ1) is 11.5. The molecule has 6 nitrogen and oxygen atoms in total. The van der Waals surface area contributed by atoms with Gasteiger partial charge in [-0.1, -0.05) is 42.5 Å². The van der Waals surface area contributed by atoms with E-state index in [0.717, 1.165) is 10.6 Å². The van der Waals surface area contributed by atoms with Crippen molar-refractivity contribution >= 4 is 18.2 Å². The third-order valence-corrected chi connectivity index (χ3v) is 3.96. The molecule has 1 aliphatic heterocycles. The van der Waals surface area contributed by atoms with Crippen LogP contribution in [0.4, 0.5) is 4.79 Å². The smallest absolute Gasteiger partial charge is 0.346 e. The molecule has 0 radical (unpaired) electrons. The van der Waals surface area contributed by atoms with Crippen molar-refractivity contribution in [2.24, 2.45) is 5.10 Å². The first-order valence-corrected chi connectivity index (χ1v) is 7.45. The first kappa shape index (κ1) is 15.7. The van der Waals surface area contributed by atoms with E-state index in [1.807, 2.05) is 30.3 Å². The fourth-order valence-corrected chi connectivity index (χ4v) is 2.51. The molecule has 2 aromatic carbocycles. The van der Waals surface area contributed by atoms with Crippen LogP contribution in [0.2, 0.25) is 0 Å². The van der Waals surface area contributed by atoms with Crippen LogP contribution in [-0.4, -0.2) is 30.3 Å². The van der Waals surface area contributed by atoms with Gasteiger partial charge in [-0.3, -0.25) is 4.79 Å². The van der Waals surface area contributed by atoms with E-state index < -0.39 is 17.5 Å². The lowest BCUT2D eigenvalue weighted by Crippen LogP contribution is -2.40. The van der Waals surface area contributed by atoms with Crippen LogP contribution < -0.4 is 10.1 Å². The van der Waals surface area contributed by atoms with E-state index in [1.54, 1.807) is 38.3 Å². The zero-order valence-electron chi connectivity index (χ0n) is 13.4. The zero-order valence-corrected chi connectivity index (χ0v) is 13.4. The number of hydrazone groups is 1. The number of ether oxygens (including phenoxy) is 1. The molecule has 0 bridgehead atoms. The third-order valence-electron chi connectivity index (χ3n) is 3.96. The highest BCUT2D eigenvalue weighted by Gasteiger charge is 2.49. The van der Waals surface area contributed by atoms with Gasteiger partial charge in [-0.25, -0.2) is 4.79 Å². The van der Waals surface area contributed by atoms with Crippen molar-refractivity contribution in [2.45, 2.75) is 12.5 Å². The number of carbonyl (C=O) groups is 2. The second kappa shape index (κ2) is 6.16. The molecule has 1 heterocycles. The van der Waals surface area contributed by atoms with Crippen molar-refractivity contribution in [2.75, 3.05) is 7.11 Å². The van der Waals surface area contributed by atoms with Crippen LogP contribution in [0.3, 0.4) is 0 Å². The van der Waals surface area contributed by atoms with Gasteiger partial charge < -0.3 is 10.1 Å². The minimum absolute atomic E-state index is 0.426. The average molecular weight is 323 g/mol. The summed E-state index contributed by atoms with van der Waals surface area (Å²) >= 11 is 0. The van der Waals surface area contributed by atoms with Gasteiger partial charge in [0.15, 0.2) is 0 Å². The highest BCUT2D eigenvalue weighted by atomic mass is 16.5. The highest BCUT2D eigenvalue weighted by molar-refractivity contribution is 6.07. The highest BCUT2D eigenvalue weighted by Crippen LogP contribution is 2.30. The first-order valence-electron chi connectivity index (χ1n) is 7.45. The number of nitrogens with one attached hydrogen (secondary N) is 1.